The van der Waals surface area contributed by atoms with Gasteiger partial charge in [-0.2, -0.15) is 8.78 Å². The molecule has 0 bridgehead atoms. The number of aldehydes is 1. The van der Waals surface area contributed by atoms with Crippen molar-refractivity contribution in [3.8, 4) is 17.2 Å². The van der Waals surface area contributed by atoms with Crippen LogP contribution in [0.5, 0.6) is 17.2 Å². The van der Waals surface area contributed by atoms with E-state index < -0.39 is 12.5 Å². The fraction of sp³-hybridized carbons (Fsp3) is 0.176. The Balaban J connectivity index is 2.01. The van der Waals surface area contributed by atoms with E-state index in [1.165, 1.54) is 43.5 Å². The van der Waals surface area contributed by atoms with Crippen LogP contribution in [0.1, 0.15) is 10.4 Å². The Morgan fingerprint density at radius 2 is 1.92 bits per heavy atom. The maximum absolute atomic E-state index is 12.4. The Morgan fingerprint density at radius 1 is 1.16 bits per heavy atom. The topological polar surface area (TPSA) is 73.9 Å². The van der Waals surface area contributed by atoms with Gasteiger partial charge in [-0.05, 0) is 30.3 Å². The maximum Gasteiger partial charge on any atom is 0.387 e. The third-order valence-corrected chi connectivity index (χ3v) is 3.06. The number of halogens is 2. The molecule has 0 aromatic heterocycles. The molecular formula is C17H15F2NO5. The Bertz CT molecular complexity index is 752. The van der Waals surface area contributed by atoms with Crippen molar-refractivity contribution in [2.45, 2.75) is 6.61 Å². The van der Waals surface area contributed by atoms with Gasteiger partial charge in [0, 0.05) is 5.56 Å². The van der Waals surface area contributed by atoms with Gasteiger partial charge in [0.25, 0.3) is 5.91 Å². The van der Waals surface area contributed by atoms with Crippen LogP contribution in [0, 0.1) is 0 Å². The fourth-order valence-corrected chi connectivity index (χ4v) is 1.97. The lowest BCUT2D eigenvalue weighted by molar-refractivity contribution is -0.118. The predicted molar refractivity (Wildman–Crippen MR) is 85.6 cm³/mol. The van der Waals surface area contributed by atoms with Crippen molar-refractivity contribution < 1.29 is 32.6 Å². The molecule has 1 amide bonds. The van der Waals surface area contributed by atoms with Crippen LogP contribution in [-0.2, 0) is 4.79 Å². The molecule has 2 rings (SSSR count). The van der Waals surface area contributed by atoms with Gasteiger partial charge in [-0.3, -0.25) is 9.59 Å². The van der Waals surface area contributed by atoms with Crippen molar-refractivity contribution in [3.63, 3.8) is 0 Å². The summed E-state index contributed by atoms with van der Waals surface area (Å²) in [6, 6.07) is 10.3. The molecule has 2 aromatic carbocycles. The van der Waals surface area contributed by atoms with E-state index in [0.717, 1.165) is 0 Å². The number of benzene rings is 2. The second kappa shape index (κ2) is 8.62. The molecule has 25 heavy (non-hydrogen) atoms. The molecular weight excluding hydrogens is 336 g/mol. The van der Waals surface area contributed by atoms with Crippen LogP contribution >= 0.6 is 0 Å². The average Bonchev–Trinajstić information content (AvgIpc) is 2.61. The minimum Gasteiger partial charge on any atom is -0.493 e. The first-order chi connectivity index (χ1) is 12.0. The van der Waals surface area contributed by atoms with Crippen LogP contribution in [0.25, 0.3) is 0 Å². The second-order valence-electron chi connectivity index (χ2n) is 4.74. The molecule has 0 aliphatic heterocycles. The molecule has 0 spiro atoms. The molecule has 0 saturated heterocycles. The smallest absolute Gasteiger partial charge is 0.387 e. The van der Waals surface area contributed by atoms with E-state index in [0.29, 0.717) is 17.6 Å². The zero-order chi connectivity index (χ0) is 18.2. The van der Waals surface area contributed by atoms with Crippen LogP contribution in [0.15, 0.2) is 42.5 Å². The number of rotatable bonds is 8. The molecule has 0 heterocycles. The first-order valence-corrected chi connectivity index (χ1v) is 7.13. The predicted octanol–water partition coefficient (Wildman–Crippen LogP) is 3.13. The van der Waals surface area contributed by atoms with Gasteiger partial charge in [-0.25, -0.2) is 0 Å². The van der Waals surface area contributed by atoms with Crippen molar-refractivity contribution >= 4 is 17.9 Å². The van der Waals surface area contributed by atoms with Gasteiger partial charge < -0.3 is 19.5 Å². The van der Waals surface area contributed by atoms with Crippen LogP contribution in [-0.4, -0.2) is 32.5 Å². The van der Waals surface area contributed by atoms with Crippen molar-refractivity contribution in [3.05, 3.63) is 48.0 Å². The van der Waals surface area contributed by atoms with Crippen molar-refractivity contribution in [1.29, 1.82) is 0 Å². The zero-order valence-electron chi connectivity index (χ0n) is 13.2. The minimum absolute atomic E-state index is 0.0969. The molecule has 0 radical (unpaired) electrons. The lowest BCUT2D eigenvalue weighted by atomic mass is 10.2. The Labute approximate surface area is 142 Å². The summed E-state index contributed by atoms with van der Waals surface area (Å²) in [5.74, 6) is -0.176. The summed E-state index contributed by atoms with van der Waals surface area (Å²) in [6.07, 6.45) is 0.652. The van der Waals surface area contributed by atoms with E-state index in [4.69, 9.17) is 9.47 Å². The third-order valence-electron chi connectivity index (χ3n) is 3.06. The highest BCUT2D eigenvalue weighted by Crippen LogP contribution is 2.28. The summed E-state index contributed by atoms with van der Waals surface area (Å²) >= 11 is 0. The van der Waals surface area contributed by atoms with Gasteiger partial charge in [0.1, 0.15) is 12.0 Å². The Kier molecular flexibility index (Phi) is 6.27. The third kappa shape index (κ3) is 5.17. The number of hydrogen-bond donors (Lipinski definition) is 1. The quantitative estimate of drug-likeness (QED) is 0.740. The van der Waals surface area contributed by atoms with E-state index in [9.17, 15) is 18.4 Å². The van der Waals surface area contributed by atoms with E-state index in [1.54, 1.807) is 6.07 Å². The van der Waals surface area contributed by atoms with Crippen molar-refractivity contribution in [1.82, 2.24) is 0 Å². The summed E-state index contributed by atoms with van der Waals surface area (Å²) in [4.78, 5) is 22.7. The number of para-hydroxylation sites is 2. The molecule has 0 aliphatic rings. The van der Waals surface area contributed by atoms with Crippen LogP contribution in [0.4, 0.5) is 14.5 Å². The number of amides is 1. The monoisotopic (exact) mass is 351 g/mol. The second-order valence-corrected chi connectivity index (χ2v) is 4.74. The average molecular weight is 351 g/mol. The minimum atomic E-state index is -3.00. The zero-order valence-corrected chi connectivity index (χ0v) is 13.2. The van der Waals surface area contributed by atoms with Gasteiger partial charge in [-0.1, -0.05) is 12.1 Å². The molecule has 1 N–H and O–H groups in total. The van der Waals surface area contributed by atoms with Gasteiger partial charge >= 0.3 is 6.61 Å². The number of alkyl halides is 2. The van der Waals surface area contributed by atoms with E-state index in [1.807, 2.05) is 0 Å². The number of anilines is 1. The summed E-state index contributed by atoms with van der Waals surface area (Å²) in [7, 11) is 1.40. The van der Waals surface area contributed by atoms with Gasteiger partial charge in [0.15, 0.2) is 18.1 Å². The number of nitrogens with one attached hydrogen (secondary N) is 1. The number of methoxy groups -OCH3 is 1. The molecule has 6 nitrogen and oxygen atoms in total. The molecule has 132 valence electrons. The Hall–Kier alpha value is -3.16. The number of hydrogen-bond acceptors (Lipinski definition) is 5. The molecule has 8 heteroatoms. The van der Waals surface area contributed by atoms with E-state index in [-0.39, 0.29) is 23.8 Å². The van der Waals surface area contributed by atoms with Gasteiger partial charge in [0.05, 0.1) is 12.8 Å². The lowest BCUT2D eigenvalue weighted by Crippen LogP contribution is -2.21. The standard InChI is InChI=1S/C17H15F2NO5/c1-23-15-8-11(9-21)6-7-14(15)24-10-16(22)20-12-4-2-3-5-13(12)25-17(18)19/h2-9,17H,10H2,1H3,(H,20,22). The van der Waals surface area contributed by atoms with E-state index in [2.05, 4.69) is 10.1 Å². The molecule has 0 aliphatic carbocycles. The SMILES string of the molecule is COc1cc(C=O)ccc1OCC(=O)Nc1ccccc1OC(F)F. The summed E-state index contributed by atoms with van der Waals surface area (Å²) < 4.78 is 39.5. The largest absolute Gasteiger partial charge is 0.493 e. The number of carbonyl (C=O) groups excluding carboxylic acids is 2. The molecule has 0 unspecified atom stereocenters. The molecule has 0 atom stereocenters. The van der Waals surface area contributed by atoms with Crippen LogP contribution in [0.2, 0.25) is 0 Å². The molecule has 0 fully saturated rings. The Morgan fingerprint density at radius 3 is 2.60 bits per heavy atom. The van der Waals surface area contributed by atoms with E-state index >= 15 is 0 Å². The van der Waals surface area contributed by atoms with Crippen molar-refractivity contribution in [2.75, 3.05) is 19.0 Å². The summed E-state index contributed by atoms with van der Waals surface area (Å²) in [6.45, 7) is -3.39. The number of ether oxygens (including phenoxy) is 3. The number of carbonyl (C=O) groups is 2. The highest BCUT2D eigenvalue weighted by Gasteiger charge is 2.13. The maximum atomic E-state index is 12.4. The van der Waals surface area contributed by atoms with Gasteiger partial charge in [0.2, 0.25) is 0 Å². The lowest BCUT2D eigenvalue weighted by Gasteiger charge is -2.13. The molecule has 2 aromatic rings. The molecule has 0 saturated carbocycles. The first-order valence-electron chi connectivity index (χ1n) is 7.13. The van der Waals surface area contributed by atoms with Crippen molar-refractivity contribution in [2.24, 2.45) is 0 Å². The van der Waals surface area contributed by atoms with Crippen LogP contribution in [0.3, 0.4) is 0 Å². The highest BCUT2D eigenvalue weighted by atomic mass is 19.3. The highest BCUT2D eigenvalue weighted by molar-refractivity contribution is 5.93. The first kappa shape index (κ1) is 18.2. The normalized spacial score (nSPS) is 10.2. The van der Waals surface area contributed by atoms with Crippen LogP contribution < -0.4 is 19.5 Å². The summed E-state index contributed by atoms with van der Waals surface area (Å²) in [5.41, 5.74) is 0.492. The fourth-order valence-electron chi connectivity index (χ4n) is 1.97. The summed E-state index contributed by atoms with van der Waals surface area (Å²) in [5, 5.41) is 2.43. The van der Waals surface area contributed by atoms with Gasteiger partial charge in [-0.15, -0.1) is 0 Å².